The fraction of sp³-hybridized carbons (Fsp3) is 0.103. The van der Waals surface area contributed by atoms with Crippen LogP contribution in [0.15, 0.2) is 200 Å². The number of halogens is 3. The van der Waals surface area contributed by atoms with Crippen molar-refractivity contribution in [2.24, 2.45) is 0 Å². The third-order valence-corrected chi connectivity index (χ3v) is 15.0. The van der Waals surface area contributed by atoms with Gasteiger partial charge < -0.3 is 4.57 Å². The SMILES string of the molecule is [C-]#[N+]c1cc(C2c3cc(-c4ccc(C)cc4)ccc3-c3ccc(-c4ccc(C)cc4)cc32)c(-c2ccc(C(F)(F)F)cc2C)cc1-n1c2cc(-c3ccc(C)cc3)ccc2c2ccc(-c3ccc(C)cc3)cc21. The Bertz CT molecular complexity index is 3840. The molecular formula is C68H49F3N2. The molecule has 0 unspecified atom stereocenters. The third kappa shape index (κ3) is 8.01. The second kappa shape index (κ2) is 17.5. The Morgan fingerprint density at radius 1 is 0.384 bits per heavy atom. The van der Waals surface area contributed by atoms with Crippen molar-refractivity contribution in [1.29, 1.82) is 0 Å². The summed E-state index contributed by atoms with van der Waals surface area (Å²) in [5, 5.41) is 2.05. The maximum Gasteiger partial charge on any atom is 0.416 e. The molecule has 1 heterocycles. The molecule has 2 nitrogen and oxygen atoms in total. The number of aromatic nitrogens is 1. The van der Waals surface area contributed by atoms with E-state index in [2.05, 4.69) is 213 Å². The molecular weight excluding hydrogens is 902 g/mol. The van der Waals surface area contributed by atoms with Crippen molar-refractivity contribution in [2.75, 3.05) is 0 Å². The molecule has 1 aliphatic carbocycles. The van der Waals surface area contributed by atoms with Crippen molar-refractivity contribution in [3.8, 4) is 72.4 Å². The van der Waals surface area contributed by atoms with Gasteiger partial charge in [-0.3, -0.25) is 0 Å². The Hall–Kier alpha value is -8.72. The van der Waals surface area contributed by atoms with Crippen molar-refractivity contribution in [3.05, 3.63) is 262 Å². The van der Waals surface area contributed by atoms with Gasteiger partial charge in [0.15, 0.2) is 0 Å². The first-order valence-electron chi connectivity index (χ1n) is 24.7. The summed E-state index contributed by atoms with van der Waals surface area (Å²) >= 11 is 0. The number of aryl methyl sites for hydroxylation is 5. The van der Waals surface area contributed by atoms with Crippen LogP contribution in [0.1, 0.15) is 56.0 Å². The molecule has 1 aromatic heterocycles. The van der Waals surface area contributed by atoms with Gasteiger partial charge in [-0.25, -0.2) is 4.85 Å². The van der Waals surface area contributed by atoms with Crippen LogP contribution in [0.5, 0.6) is 0 Å². The zero-order chi connectivity index (χ0) is 50.3. The van der Waals surface area contributed by atoms with E-state index >= 15 is 0 Å². The third-order valence-electron chi connectivity index (χ3n) is 15.0. The van der Waals surface area contributed by atoms with Crippen molar-refractivity contribution in [1.82, 2.24) is 4.57 Å². The van der Waals surface area contributed by atoms with Crippen molar-refractivity contribution < 1.29 is 13.2 Å². The first kappa shape index (κ1) is 45.4. The number of rotatable bonds is 7. The molecule has 0 spiro atoms. The van der Waals surface area contributed by atoms with Gasteiger partial charge in [-0.1, -0.05) is 174 Å². The molecule has 12 rings (SSSR count). The summed E-state index contributed by atoms with van der Waals surface area (Å²) in [7, 11) is 0. The Balaban J connectivity index is 1.17. The number of alkyl halides is 3. The molecule has 0 bridgehead atoms. The quantitative estimate of drug-likeness (QED) is 0.141. The molecule has 1 aliphatic rings. The smallest absolute Gasteiger partial charge is 0.319 e. The molecule has 0 amide bonds. The highest BCUT2D eigenvalue weighted by molar-refractivity contribution is 6.12. The van der Waals surface area contributed by atoms with E-state index in [0.717, 1.165) is 99.7 Å². The number of benzene rings is 10. The first-order chi connectivity index (χ1) is 35.3. The summed E-state index contributed by atoms with van der Waals surface area (Å²) in [5.41, 5.74) is 22.5. The van der Waals surface area contributed by atoms with E-state index in [9.17, 15) is 13.2 Å². The summed E-state index contributed by atoms with van der Waals surface area (Å²) in [6.45, 7) is 19.2. The van der Waals surface area contributed by atoms with Gasteiger partial charge in [0, 0.05) is 16.7 Å². The van der Waals surface area contributed by atoms with Crippen LogP contribution >= 0.6 is 0 Å². The highest BCUT2D eigenvalue weighted by Gasteiger charge is 2.35. The lowest BCUT2D eigenvalue weighted by Crippen LogP contribution is -2.07. The summed E-state index contributed by atoms with van der Waals surface area (Å²) in [5.74, 6) is -0.383. The van der Waals surface area contributed by atoms with Crippen LogP contribution < -0.4 is 0 Å². The molecule has 73 heavy (non-hydrogen) atoms. The van der Waals surface area contributed by atoms with Crippen LogP contribution in [0.3, 0.4) is 0 Å². The fourth-order valence-corrected chi connectivity index (χ4v) is 11.1. The predicted octanol–water partition coefficient (Wildman–Crippen LogP) is 19.4. The maximum atomic E-state index is 14.5. The lowest BCUT2D eigenvalue weighted by Gasteiger charge is -2.24. The average Bonchev–Trinajstić information content (AvgIpc) is 3.89. The van der Waals surface area contributed by atoms with Crippen LogP contribution in [0.25, 0.3) is 99.1 Å². The van der Waals surface area contributed by atoms with E-state index in [0.29, 0.717) is 22.5 Å². The fourth-order valence-electron chi connectivity index (χ4n) is 11.1. The largest absolute Gasteiger partial charge is 0.416 e. The molecule has 11 aromatic rings. The second-order valence-corrected chi connectivity index (χ2v) is 19.9. The zero-order valence-corrected chi connectivity index (χ0v) is 41.2. The van der Waals surface area contributed by atoms with Crippen LogP contribution in [-0.4, -0.2) is 4.57 Å². The number of hydrogen-bond donors (Lipinski definition) is 0. The van der Waals surface area contributed by atoms with Gasteiger partial charge in [0.2, 0.25) is 5.69 Å². The standard InChI is InChI=1S/C68H49F3N2/c1-40-7-15-45(16-8-40)49-23-28-55-56-29-24-50(46-17-9-41(2)10-18-46)35-61(56)67(60(55)34-49)62-38-63(72-6)66(39-59(62)54-32-27-53(33-44(54)5)68(69,70)71)73-64-36-51(47-19-11-42(3)12-20-47)25-30-57(64)58-31-26-52(37-65(58)73)48-21-13-43(4)14-22-48/h7-39,67H,1-5H3. The van der Waals surface area contributed by atoms with Gasteiger partial charge in [0.05, 0.1) is 28.9 Å². The lowest BCUT2D eigenvalue weighted by molar-refractivity contribution is -0.137. The van der Waals surface area contributed by atoms with Gasteiger partial charge in [0.25, 0.3) is 0 Å². The molecule has 0 fully saturated rings. The predicted molar refractivity (Wildman–Crippen MR) is 296 cm³/mol. The monoisotopic (exact) mass is 950 g/mol. The number of fused-ring (bicyclic) bond motifs is 6. The first-order valence-corrected chi connectivity index (χ1v) is 24.7. The Kier molecular flexibility index (Phi) is 10.9. The van der Waals surface area contributed by atoms with E-state index in [4.69, 9.17) is 6.57 Å². The molecule has 5 heteroatoms. The minimum Gasteiger partial charge on any atom is -0.319 e. The van der Waals surface area contributed by atoms with Crippen molar-refractivity contribution in [2.45, 2.75) is 46.7 Å². The van der Waals surface area contributed by atoms with E-state index in [-0.39, 0.29) is 5.92 Å². The summed E-state index contributed by atoms with van der Waals surface area (Å²) in [4.78, 5) is 4.40. The van der Waals surface area contributed by atoms with Crippen LogP contribution in [0, 0.1) is 41.2 Å². The van der Waals surface area contributed by atoms with Gasteiger partial charge >= 0.3 is 6.18 Å². The molecule has 0 N–H and O–H groups in total. The topological polar surface area (TPSA) is 9.29 Å². The van der Waals surface area contributed by atoms with Gasteiger partial charge in [-0.2, -0.15) is 13.2 Å². The van der Waals surface area contributed by atoms with Crippen LogP contribution in [-0.2, 0) is 6.18 Å². The minimum atomic E-state index is -4.53. The maximum absolute atomic E-state index is 14.5. The lowest BCUT2D eigenvalue weighted by atomic mass is 9.81. The van der Waals surface area contributed by atoms with E-state index < -0.39 is 11.7 Å². The van der Waals surface area contributed by atoms with Crippen molar-refractivity contribution >= 4 is 27.5 Å². The second-order valence-electron chi connectivity index (χ2n) is 19.9. The molecule has 0 saturated heterocycles. The normalized spacial score (nSPS) is 12.3. The minimum absolute atomic E-state index is 0.383. The van der Waals surface area contributed by atoms with Gasteiger partial charge in [-0.15, -0.1) is 0 Å². The molecule has 0 atom stereocenters. The molecule has 0 saturated carbocycles. The van der Waals surface area contributed by atoms with Crippen LogP contribution in [0.2, 0.25) is 0 Å². The Labute approximate surface area is 424 Å². The summed E-state index contributed by atoms with van der Waals surface area (Å²) in [6.07, 6.45) is -4.53. The van der Waals surface area contributed by atoms with Crippen LogP contribution in [0.4, 0.5) is 18.9 Å². The molecule has 10 aromatic carbocycles. The van der Waals surface area contributed by atoms with Gasteiger partial charge in [-0.05, 0) is 172 Å². The molecule has 0 aliphatic heterocycles. The van der Waals surface area contributed by atoms with E-state index in [1.807, 2.05) is 6.07 Å². The molecule has 0 radical (unpaired) electrons. The van der Waals surface area contributed by atoms with E-state index in [1.165, 1.54) is 34.4 Å². The highest BCUT2D eigenvalue weighted by atomic mass is 19.4. The average molecular weight is 951 g/mol. The highest BCUT2D eigenvalue weighted by Crippen LogP contribution is 2.54. The number of nitrogens with zero attached hydrogens (tertiary/aromatic N) is 2. The summed E-state index contributed by atoms with van der Waals surface area (Å²) < 4.78 is 45.8. The summed E-state index contributed by atoms with van der Waals surface area (Å²) in [6, 6.07) is 68.6. The Morgan fingerprint density at radius 2 is 0.753 bits per heavy atom. The molecule has 352 valence electrons. The number of hydrogen-bond acceptors (Lipinski definition) is 0. The van der Waals surface area contributed by atoms with Crippen molar-refractivity contribution in [3.63, 3.8) is 0 Å². The van der Waals surface area contributed by atoms with Gasteiger partial charge in [0.1, 0.15) is 0 Å². The zero-order valence-electron chi connectivity index (χ0n) is 41.2. The van der Waals surface area contributed by atoms with E-state index in [1.54, 1.807) is 13.0 Å². The Morgan fingerprint density at radius 3 is 1.15 bits per heavy atom.